The Morgan fingerprint density at radius 2 is 1.71 bits per heavy atom. The molecule has 0 spiro atoms. The third-order valence-electron chi connectivity index (χ3n) is 10.4. The molecule has 0 radical (unpaired) electrons. The van der Waals surface area contributed by atoms with Crippen molar-refractivity contribution >= 4 is 23.6 Å². The number of halogens is 1. The zero-order valence-corrected chi connectivity index (χ0v) is 24.5. The van der Waals surface area contributed by atoms with Gasteiger partial charge >= 0.3 is 6.09 Å². The Morgan fingerprint density at radius 3 is 2.29 bits per heavy atom. The zero-order valence-electron chi connectivity index (χ0n) is 23.8. The minimum absolute atomic E-state index is 0.00162. The quantitative estimate of drug-likeness (QED) is 0.429. The Bertz CT molecular complexity index is 996. The van der Waals surface area contributed by atoms with Crippen molar-refractivity contribution in [1.82, 2.24) is 14.7 Å². The Hall–Kier alpha value is -1.79. The van der Waals surface area contributed by atoms with Crippen LogP contribution in [0.3, 0.4) is 0 Å². The monoisotopic (exact) mass is 543 g/mol. The number of rotatable bonds is 6. The van der Waals surface area contributed by atoms with Gasteiger partial charge in [0.1, 0.15) is 6.61 Å². The lowest BCUT2D eigenvalue weighted by atomic mass is 9.63. The summed E-state index contributed by atoms with van der Waals surface area (Å²) in [7, 11) is 4.25. The van der Waals surface area contributed by atoms with Gasteiger partial charge in [-0.05, 0) is 101 Å². The molecule has 0 aromatic heterocycles. The molecule has 210 valence electrons. The molecule has 2 unspecified atom stereocenters. The normalized spacial score (nSPS) is 29.6. The van der Waals surface area contributed by atoms with Gasteiger partial charge in [0.2, 0.25) is 5.91 Å². The van der Waals surface area contributed by atoms with E-state index in [2.05, 4.69) is 49.9 Å². The van der Waals surface area contributed by atoms with E-state index >= 15 is 0 Å². The molecule has 5 rings (SSSR count). The number of cyclic esters (lactones) is 1. The van der Waals surface area contributed by atoms with Crippen LogP contribution in [0.15, 0.2) is 24.3 Å². The number of likely N-dealkylation sites (tertiary alicyclic amines) is 1. The summed E-state index contributed by atoms with van der Waals surface area (Å²) < 4.78 is 5.48. The molecule has 2 aliphatic heterocycles. The Balaban J connectivity index is 1.33. The van der Waals surface area contributed by atoms with Crippen molar-refractivity contribution in [1.29, 1.82) is 0 Å². The van der Waals surface area contributed by atoms with Crippen molar-refractivity contribution < 1.29 is 14.3 Å². The number of amides is 2. The number of carbonyl (C=O) groups is 2. The van der Waals surface area contributed by atoms with Crippen LogP contribution in [0, 0.1) is 17.3 Å². The van der Waals surface area contributed by atoms with Crippen LogP contribution in [0.4, 0.5) is 4.79 Å². The fourth-order valence-corrected chi connectivity index (χ4v) is 7.96. The third-order valence-corrected chi connectivity index (χ3v) is 10.7. The summed E-state index contributed by atoms with van der Waals surface area (Å²) in [5.41, 5.74) is 1.01. The van der Waals surface area contributed by atoms with Crippen molar-refractivity contribution in [2.45, 2.75) is 89.1 Å². The minimum Gasteiger partial charge on any atom is -0.447 e. The predicted molar refractivity (Wildman–Crippen MR) is 151 cm³/mol. The van der Waals surface area contributed by atoms with Gasteiger partial charge in [0, 0.05) is 36.6 Å². The number of carbonyl (C=O) groups excluding carboxylic acids is 2. The molecule has 3 atom stereocenters. The second kappa shape index (κ2) is 11.0. The van der Waals surface area contributed by atoms with Crippen LogP contribution >= 0.6 is 11.6 Å². The molecule has 2 saturated heterocycles. The average molecular weight is 544 g/mol. The highest BCUT2D eigenvalue weighted by Gasteiger charge is 2.50. The molecular weight excluding hydrogens is 498 g/mol. The summed E-state index contributed by atoms with van der Waals surface area (Å²) in [6.07, 6.45) is 10.0. The van der Waals surface area contributed by atoms with E-state index in [4.69, 9.17) is 16.3 Å². The first-order chi connectivity index (χ1) is 18.1. The molecule has 7 heteroatoms. The van der Waals surface area contributed by atoms with E-state index in [1.807, 2.05) is 17.0 Å². The second-order valence-corrected chi connectivity index (χ2v) is 13.8. The maximum atomic E-state index is 14.1. The van der Waals surface area contributed by atoms with Crippen LogP contribution in [0.1, 0.15) is 83.1 Å². The van der Waals surface area contributed by atoms with Crippen molar-refractivity contribution in [2.75, 3.05) is 40.3 Å². The molecule has 0 N–H and O–H groups in total. The molecule has 0 bridgehead atoms. The van der Waals surface area contributed by atoms with Gasteiger partial charge in [0.15, 0.2) is 0 Å². The maximum Gasteiger partial charge on any atom is 0.410 e. The Labute approximate surface area is 234 Å². The molecule has 38 heavy (non-hydrogen) atoms. The van der Waals surface area contributed by atoms with Gasteiger partial charge in [-0.1, -0.05) is 43.0 Å². The van der Waals surface area contributed by atoms with Crippen LogP contribution in [0.25, 0.3) is 0 Å². The summed E-state index contributed by atoms with van der Waals surface area (Å²) in [6, 6.07) is 8.51. The van der Waals surface area contributed by atoms with Crippen molar-refractivity contribution in [2.24, 2.45) is 17.3 Å². The average Bonchev–Trinajstić information content (AvgIpc) is 3.47. The summed E-state index contributed by atoms with van der Waals surface area (Å²) in [5, 5.41) is 0.735. The molecule has 2 saturated carbocycles. The van der Waals surface area contributed by atoms with E-state index in [1.165, 1.54) is 37.7 Å². The first-order valence-electron chi connectivity index (χ1n) is 14.7. The highest BCUT2D eigenvalue weighted by atomic mass is 35.5. The molecule has 1 aromatic carbocycles. The van der Waals surface area contributed by atoms with E-state index < -0.39 is 0 Å². The number of piperidine rings is 1. The Morgan fingerprint density at radius 1 is 1.05 bits per heavy atom. The maximum absolute atomic E-state index is 14.1. The molecule has 2 aliphatic carbocycles. The summed E-state index contributed by atoms with van der Waals surface area (Å²) in [4.78, 5) is 33.3. The summed E-state index contributed by atoms with van der Waals surface area (Å²) >= 11 is 6.18. The Kier molecular flexibility index (Phi) is 8.04. The molecule has 2 heterocycles. The molecule has 1 aromatic rings. The van der Waals surface area contributed by atoms with Gasteiger partial charge in [0.25, 0.3) is 0 Å². The van der Waals surface area contributed by atoms with Crippen LogP contribution in [0.5, 0.6) is 0 Å². The first-order valence-corrected chi connectivity index (χ1v) is 15.1. The molecule has 4 aliphatic rings. The molecular formula is C31H46ClN3O3. The topological polar surface area (TPSA) is 53.1 Å². The number of ether oxygens (including phenoxy) is 1. The highest BCUT2D eigenvalue weighted by molar-refractivity contribution is 6.30. The first kappa shape index (κ1) is 27.8. The van der Waals surface area contributed by atoms with E-state index in [0.717, 1.165) is 50.3 Å². The van der Waals surface area contributed by atoms with Gasteiger partial charge in [0.05, 0.1) is 5.54 Å². The molecule has 6 nitrogen and oxygen atoms in total. The van der Waals surface area contributed by atoms with Crippen LogP contribution in [-0.2, 0) is 9.53 Å². The van der Waals surface area contributed by atoms with E-state index in [0.29, 0.717) is 24.5 Å². The predicted octanol–water partition coefficient (Wildman–Crippen LogP) is 6.18. The van der Waals surface area contributed by atoms with Gasteiger partial charge < -0.3 is 14.5 Å². The van der Waals surface area contributed by atoms with E-state index in [9.17, 15) is 9.59 Å². The highest BCUT2D eigenvalue weighted by Crippen LogP contribution is 2.49. The number of hydrogen-bond donors (Lipinski definition) is 0. The van der Waals surface area contributed by atoms with Crippen molar-refractivity contribution in [3.05, 3.63) is 34.9 Å². The zero-order chi connectivity index (χ0) is 27.1. The number of nitrogens with zero attached hydrogens (tertiary/aromatic N) is 3. The van der Waals surface area contributed by atoms with Crippen molar-refractivity contribution in [3.63, 3.8) is 0 Å². The summed E-state index contributed by atoms with van der Waals surface area (Å²) in [6.45, 7) is 7.01. The lowest BCUT2D eigenvalue weighted by Crippen LogP contribution is -2.55. The standard InChI is InChI=1S/C31H46ClN3O3/c1-30(2)21-38-29(37)35(30)20-31(23-8-6-5-7-9-23)14-16-34(17-15-31)28(36)27-19-25(33(3)4)18-26(27)22-10-12-24(32)13-11-22/h10-13,23,25-27H,5-9,14-21H2,1-4H3/t25-,26?,27?/m1/s1. The summed E-state index contributed by atoms with van der Waals surface area (Å²) in [5.74, 6) is 1.15. The number of benzene rings is 1. The van der Waals surface area contributed by atoms with E-state index in [-0.39, 0.29) is 28.9 Å². The smallest absolute Gasteiger partial charge is 0.410 e. The van der Waals surface area contributed by atoms with Gasteiger partial charge in [-0.25, -0.2) is 4.79 Å². The van der Waals surface area contributed by atoms with Crippen LogP contribution in [0.2, 0.25) is 5.02 Å². The van der Waals surface area contributed by atoms with Crippen LogP contribution < -0.4 is 0 Å². The van der Waals surface area contributed by atoms with Gasteiger partial charge in [-0.2, -0.15) is 0 Å². The van der Waals surface area contributed by atoms with Gasteiger partial charge in [-0.15, -0.1) is 0 Å². The van der Waals surface area contributed by atoms with Crippen molar-refractivity contribution in [3.8, 4) is 0 Å². The van der Waals surface area contributed by atoms with Crippen LogP contribution in [-0.4, -0.2) is 78.6 Å². The number of hydrogen-bond acceptors (Lipinski definition) is 4. The fraction of sp³-hybridized carbons (Fsp3) is 0.742. The second-order valence-electron chi connectivity index (χ2n) is 13.3. The fourth-order valence-electron chi connectivity index (χ4n) is 7.84. The molecule has 2 amide bonds. The lowest BCUT2D eigenvalue weighted by molar-refractivity contribution is -0.139. The van der Waals surface area contributed by atoms with Gasteiger partial charge in [-0.3, -0.25) is 9.69 Å². The third kappa shape index (κ3) is 5.45. The minimum atomic E-state index is -0.275. The van der Waals surface area contributed by atoms with E-state index in [1.54, 1.807) is 0 Å². The molecule has 4 fully saturated rings. The SMILES string of the molecule is CN(C)[C@H]1CC(C(=O)N2CCC(CN3C(=O)OCC3(C)C)(C3CCCCC3)CC2)C(c2ccc(Cl)cc2)C1. The lowest BCUT2D eigenvalue weighted by Gasteiger charge is -2.51. The largest absolute Gasteiger partial charge is 0.447 e.